The molecule has 1 aromatic rings. The molecule has 1 aromatic heterocycles. The molecule has 2 N–H and O–H groups in total. The Balaban J connectivity index is 2.93. The van der Waals surface area contributed by atoms with Gasteiger partial charge in [0.2, 0.25) is 0 Å². The molecule has 0 fully saturated rings. The van der Waals surface area contributed by atoms with E-state index in [2.05, 4.69) is 4.98 Å². The van der Waals surface area contributed by atoms with Crippen LogP contribution in [-0.2, 0) is 9.53 Å². The fourth-order valence-corrected chi connectivity index (χ4v) is 2.49. The number of nitrogens with zero attached hydrogens (tertiary/aromatic N) is 1. The van der Waals surface area contributed by atoms with Crippen molar-refractivity contribution in [2.45, 2.75) is 25.8 Å². The van der Waals surface area contributed by atoms with Crippen molar-refractivity contribution in [3.05, 3.63) is 22.9 Å². The quantitative estimate of drug-likeness (QED) is 0.645. The van der Waals surface area contributed by atoms with Crippen LogP contribution in [0.15, 0.2) is 11.1 Å². The molecule has 98 valence electrons. The highest BCUT2D eigenvalue weighted by Crippen LogP contribution is 2.23. The molecule has 1 amide bonds. The number of thioether (sulfide) groups is 1. The highest BCUT2D eigenvalue weighted by molar-refractivity contribution is 8.00. The normalized spacial score (nSPS) is 10.2. The summed E-state index contributed by atoms with van der Waals surface area (Å²) in [5, 5.41) is 0.480. The van der Waals surface area contributed by atoms with E-state index in [0.717, 1.165) is 11.3 Å². The Bertz CT molecular complexity index is 475. The fourth-order valence-electron chi connectivity index (χ4n) is 1.54. The first kappa shape index (κ1) is 14.5. The second-order valence-corrected chi connectivity index (χ2v) is 4.68. The van der Waals surface area contributed by atoms with Crippen LogP contribution in [0.1, 0.15) is 28.5 Å². The molecule has 0 spiro atoms. The van der Waals surface area contributed by atoms with E-state index in [4.69, 9.17) is 10.5 Å². The first-order valence-electron chi connectivity index (χ1n) is 5.52. The van der Waals surface area contributed by atoms with Gasteiger partial charge in [0.05, 0.1) is 17.9 Å². The minimum Gasteiger partial charge on any atom is -0.465 e. The molecule has 0 bridgehead atoms. The van der Waals surface area contributed by atoms with Crippen LogP contribution in [0.25, 0.3) is 0 Å². The van der Waals surface area contributed by atoms with Crippen LogP contribution in [0, 0.1) is 13.8 Å². The summed E-state index contributed by atoms with van der Waals surface area (Å²) < 4.78 is 4.82. The molecular formula is C12H16N2O3S. The Morgan fingerprint density at radius 3 is 2.67 bits per heavy atom. The summed E-state index contributed by atoms with van der Waals surface area (Å²) in [6.45, 7) is 5.70. The first-order chi connectivity index (χ1) is 8.45. The van der Waals surface area contributed by atoms with Crippen molar-refractivity contribution >= 4 is 23.6 Å². The van der Waals surface area contributed by atoms with E-state index in [0.29, 0.717) is 17.2 Å². The van der Waals surface area contributed by atoms with Gasteiger partial charge in [-0.15, -0.1) is 0 Å². The fraction of sp³-hybridized carbons (Fsp3) is 0.417. The van der Waals surface area contributed by atoms with E-state index < -0.39 is 5.91 Å². The summed E-state index contributed by atoms with van der Waals surface area (Å²) in [7, 11) is 0. The van der Waals surface area contributed by atoms with Crippen LogP contribution in [0.4, 0.5) is 0 Å². The summed E-state index contributed by atoms with van der Waals surface area (Å²) in [4.78, 5) is 26.9. The summed E-state index contributed by atoms with van der Waals surface area (Å²) in [5.74, 6) is -0.755. The van der Waals surface area contributed by atoms with Gasteiger partial charge in [0, 0.05) is 5.69 Å². The lowest BCUT2D eigenvalue weighted by molar-refractivity contribution is -0.139. The maximum absolute atomic E-state index is 11.4. The number of aryl methyl sites for hydroxylation is 2. The summed E-state index contributed by atoms with van der Waals surface area (Å²) in [5.41, 5.74) is 7.24. The molecule has 0 aliphatic heterocycles. The van der Waals surface area contributed by atoms with Crippen LogP contribution < -0.4 is 5.73 Å². The van der Waals surface area contributed by atoms with E-state index in [1.165, 1.54) is 11.8 Å². The van der Waals surface area contributed by atoms with Gasteiger partial charge in [-0.05, 0) is 32.4 Å². The van der Waals surface area contributed by atoms with E-state index >= 15 is 0 Å². The molecule has 0 aromatic carbocycles. The zero-order valence-corrected chi connectivity index (χ0v) is 11.5. The molecule has 0 radical (unpaired) electrons. The van der Waals surface area contributed by atoms with E-state index in [1.54, 1.807) is 19.9 Å². The molecule has 0 aliphatic rings. The molecular weight excluding hydrogens is 252 g/mol. The average molecular weight is 268 g/mol. The maximum Gasteiger partial charge on any atom is 0.316 e. The van der Waals surface area contributed by atoms with Gasteiger partial charge >= 0.3 is 5.97 Å². The second-order valence-electron chi connectivity index (χ2n) is 3.72. The number of carbonyl (C=O) groups is 2. The first-order valence-corrected chi connectivity index (χ1v) is 6.50. The number of hydrogen-bond acceptors (Lipinski definition) is 5. The number of ether oxygens (including phenoxy) is 1. The minimum absolute atomic E-state index is 0.115. The van der Waals surface area contributed by atoms with Gasteiger partial charge in [-0.2, -0.15) is 0 Å². The number of esters is 1. The van der Waals surface area contributed by atoms with Crippen molar-refractivity contribution in [1.82, 2.24) is 4.98 Å². The Hall–Kier alpha value is -1.56. The number of amides is 1. The largest absolute Gasteiger partial charge is 0.465 e. The van der Waals surface area contributed by atoms with Crippen molar-refractivity contribution in [1.29, 1.82) is 0 Å². The lowest BCUT2D eigenvalue weighted by atomic mass is 10.1. The topological polar surface area (TPSA) is 82.3 Å². The van der Waals surface area contributed by atoms with Crippen molar-refractivity contribution < 1.29 is 14.3 Å². The second kappa shape index (κ2) is 6.39. The van der Waals surface area contributed by atoms with Gasteiger partial charge in [-0.25, -0.2) is 4.98 Å². The van der Waals surface area contributed by atoms with E-state index in [9.17, 15) is 9.59 Å². The van der Waals surface area contributed by atoms with Gasteiger partial charge in [-0.1, -0.05) is 11.8 Å². The van der Waals surface area contributed by atoms with Crippen LogP contribution in [0.2, 0.25) is 0 Å². The average Bonchev–Trinajstić information content (AvgIpc) is 2.25. The lowest BCUT2D eigenvalue weighted by Crippen LogP contribution is -2.16. The molecule has 6 heteroatoms. The SMILES string of the molecule is CCOC(=O)CSc1nc(C)cc(C)c1C(N)=O. The van der Waals surface area contributed by atoms with Gasteiger partial charge in [0.15, 0.2) is 0 Å². The van der Waals surface area contributed by atoms with Crippen molar-refractivity contribution in [2.24, 2.45) is 5.73 Å². The maximum atomic E-state index is 11.4. The lowest BCUT2D eigenvalue weighted by Gasteiger charge is -2.09. The van der Waals surface area contributed by atoms with Crippen LogP contribution >= 0.6 is 11.8 Å². The molecule has 5 nitrogen and oxygen atoms in total. The van der Waals surface area contributed by atoms with Crippen molar-refractivity contribution in [3.63, 3.8) is 0 Å². The number of rotatable bonds is 5. The van der Waals surface area contributed by atoms with Crippen LogP contribution in [0.5, 0.6) is 0 Å². The summed E-state index contributed by atoms with van der Waals surface area (Å²) in [6.07, 6.45) is 0. The van der Waals surface area contributed by atoms with Gasteiger partial charge in [-0.3, -0.25) is 9.59 Å². The highest BCUT2D eigenvalue weighted by atomic mass is 32.2. The van der Waals surface area contributed by atoms with Crippen molar-refractivity contribution in [2.75, 3.05) is 12.4 Å². The molecule has 1 heterocycles. The Morgan fingerprint density at radius 1 is 1.44 bits per heavy atom. The number of nitrogens with two attached hydrogens (primary N) is 1. The molecule has 0 atom stereocenters. The number of pyridine rings is 1. The Morgan fingerprint density at radius 2 is 2.11 bits per heavy atom. The zero-order chi connectivity index (χ0) is 13.7. The van der Waals surface area contributed by atoms with Crippen LogP contribution in [-0.4, -0.2) is 29.2 Å². The monoisotopic (exact) mass is 268 g/mol. The third-order valence-electron chi connectivity index (χ3n) is 2.19. The number of hydrogen-bond donors (Lipinski definition) is 1. The Labute approximate surface area is 110 Å². The van der Waals surface area contributed by atoms with Gasteiger partial charge < -0.3 is 10.5 Å². The molecule has 0 saturated heterocycles. The number of primary amides is 1. The summed E-state index contributed by atoms with van der Waals surface area (Å²) in [6, 6.07) is 1.79. The predicted octanol–water partition coefficient (Wildman–Crippen LogP) is 1.45. The third kappa shape index (κ3) is 3.73. The van der Waals surface area contributed by atoms with Gasteiger partial charge in [0.1, 0.15) is 5.03 Å². The third-order valence-corrected chi connectivity index (χ3v) is 3.14. The molecule has 0 saturated carbocycles. The van der Waals surface area contributed by atoms with Crippen LogP contribution in [0.3, 0.4) is 0 Å². The molecule has 0 aliphatic carbocycles. The van der Waals surface area contributed by atoms with E-state index in [-0.39, 0.29) is 11.7 Å². The standard InChI is InChI=1S/C12H16N2O3S/c1-4-17-9(15)6-18-12-10(11(13)16)7(2)5-8(3)14-12/h5H,4,6H2,1-3H3,(H2,13,16). The van der Waals surface area contributed by atoms with E-state index in [1.807, 2.05) is 6.92 Å². The van der Waals surface area contributed by atoms with Crippen molar-refractivity contribution in [3.8, 4) is 0 Å². The highest BCUT2D eigenvalue weighted by Gasteiger charge is 2.15. The zero-order valence-electron chi connectivity index (χ0n) is 10.6. The minimum atomic E-state index is -0.536. The smallest absolute Gasteiger partial charge is 0.316 e. The molecule has 18 heavy (non-hydrogen) atoms. The number of aromatic nitrogens is 1. The Kier molecular flexibility index (Phi) is 5.15. The number of carbonyl (C=O) groups excluding carboxylic acids is 2. The van der Waals surface area contributed by atoms with Gasteiger partial charge in [0.25, 0.3) is 5.91 Å². The molecule has 0 unspecified atom stereocenters. The summed E-state index contributed by atoms with van der Waals surface area (Å²) >= 11 is 1.17. The predicted molar refractivity (Wildman–Crippen MR) is 69.6 cm³/mol. The molecule has 1 rings (SSSR count).